The molecule has 0 amide bonds. The van der Waals surface area contributed by atoms with Crippen LogP contribution in [0.4, 0.5) is 0 Å². The Morgan fingerprint density at radius 3 is 2.11 bits per heavy atom. The molecular formula is C10H22O6P2. The second kappa shape index (κ2) is 7.59. The third-order valence-corrected chi connectivity index (χ3v) is 5.30. The van der Waals surface area contributed by atoms with Crippen molar-refractivity contribution < 1.29 is 28.7 Å². The summed E-state index contributed by atoms with van der Waals surface area (Å²) < 4.78 is 22.2. The fraction of sp³-hybridized carbons (Fsp3) is 0.800. The molecule has 0 fully saturated rings. The minimum absolute atomic E-state index is 0.574. The van der Waals surface area contributed by atoms with E-state index in [1.54, 1.807) is 19.1 Å². The summed E-state index contributed by atoms with van der Waals surface area (Å²) in [7, 11) is -8.97. The molecule has 0 aromatic rings. The Balaban J connectivity index is 4.72. The summed E-state index contributed by atoms with van der Waals surface area (Å²) in [5.74, 6) is -0.574. The molecule has 0 aliphatic heterocycles. The Labute approximate surface area is 107 Å². The molecule has 18 heavy (non-hydrogen) atoms. The second-order valence-electron chi connectivity index (χ2n) is 4.43. The third-order valence-electron chi connectivity index (χ3n) is 2.63. The van der Waals surface area contributed by atoms with Gasteiger partial charge >= 0.3 is 15.2 Å². The Hall–Kier alpha value is 0.0400. The SMILES string of the molecule is CCCC/C=C/C(C)C(CP(=O)(O)O)P(=O)(O)O. The molecule has 108 valence electrons. The molecule has 6 nitrogen and oxygen atoms in total. The molecule has 2 unspecified atom stereocenters. The molecule has 0 bridgehead atoms. The minimum Gasteiger partial charge on any atom is -0.324 e. The normalized spacial score (nSPS) is 17.0. The van der Waals surface area contributed by atoms with Gasteiger partial charge in [0.15, 0.2) is 0 Å². The molecule has 0 heterocycles. The van der Waals surface area contributed by atoms with Gasteiger partial charge in [0.2, 0.25) is 0 Å². The average Bonchev–Trinajstić information content (AvgIpc) is 2.18. The van der Waals surface area contributed by atoms with Crippen molar-refractivity contribution in [3.8, 4) is 0 Å². The van der Waals surface area contributed by atoms with Gasteiger partial charge in [-0.15, -0.1) is 0 Å². The van der Waals surface area contributed by atoms with Crippen molar-refractivity contribution in [1.82, 2.24) is 0 Å². The largest absolute Gasteiger partial charge is 0.329 e. The lowest BCUT2D eigenvalue weighted by atomic mass is 10.1. The standard InChI is InChI=1S/C10H22O6P2/c1-3-4-5-6-7-9(2)10(18(14,15)16)8-17(11,12)13/h6-7,9-10H,3-5,8H2,1-2H3,(H2,11,12,13)(H2,14,15,16)/b7-6+. The van der Waals surface area contributed by atoms with E-state index in [0.29, 0.717) is 0 Å². The third kappa shape index (κ3) is 8.20. The van der Waals surface area contributed by atoms with Crippen LogP contribution in [-0.4, -0.2) is 31.4 Å². The van der Waals surface area contributed by atoms with Gasteiger partial charge in [0.25, 0.3) is 0 Å². The Morgan fingerprint density at radius 1 is 1.17 bits per heavy atom. The fourth-order valence-corrected chi connectivity index (χ4v) is 4.60. The maximum Gasteiger partial charge on any atom is 0.329 e. The summed E-state index contributed by atoms with van der Waals surface area (Å²) in [5, 5.41) is 0. The molecule has 0 spiro atoms. The lowest BCUT2D eigenvalue weighted by molar-refractivity contribution is 0.336. The van der Waals surface area contributed by atoms with Crippen LogP contribution in [-0.2, 0) is 9.13 Å². The number of hydrogen-bond donors (Lipinski definition) is 4. The first-order valence-electron chi connectivity index (χ1n) is 5.84. The van der Waals surface area contributed by atoms with Crippen molar-refractivity contribution in [3.63, 3.8) is 0 Å². The number of allylic oxidation sites excluding steroid dienone is 2. The van der Waals surface area contributed by atoms with Crippen LogP contribution in [0, 0.1) is 5.92 Å². The van der Waals surface area contributed by atoms with Crippen LogP contribution in [0.5, 0.6) is 0 Å². The maximum atomic E-state index is 11.3. The predicted octanol–water partition coefficient (Wildman–Crippen LogP) is 2.09. The number of hydrogen-bond acceptors (Lipinski definition) is 2. The molecule has 4 N–H and O–H groups in total. The molecule has 8 heteroatoms. The average molecular weight is 300 g/mol. The molecule has 0 aromatic carbocycles. The van der Waals surface area contributed by atoms with Crippen LogP contribution in [0.1, 0.15) is 33.1 Å². The summed E-state index contributed by atoms with van der Waals surface area (Å²) in [5.41, 5.74) is -1.34. The Kier molecular flexibility index (Phi) is 7.60. The van der Waals surface area contributed by atoms with Crippen LogP contribution in [0.25, 0.3) is 0 Å². The van der Waals surface area contributed by atoms with E-state index in [2.05, 4.69) is 0 Å². The molecule has 0 saturated heterocycles. The van der Waals surface area contributed by atoms with Gasteiger partial charge in [-0.1, -0.05) is 38.8 Å². The van der Waals surface area contributed by atoms with Gasteiger partial charge < -0.3 is 19.6 Å². The van der Waals surface area contributed by atoms with Crippen molar-refractivity contribution in [2.75, 3.05) is 6.16 Å². The van der Waals surface area contributed by atoms with Gasteiger partial charge in [-0.3, -0.25) is 9.13 Å². The predicted molar refractivity (Wildman–Crippen MR) is 70.6 cm³/mol. The number of rotatable bonds is 8. The fourth-order valence-electron chi connectivity index (χ4n) is 1.58. The minimum atomic E-state index is -4.53. The van der Waals surface area contributed by atoms with Crippen LogP contribution in [0.3, 0.4) is 0 Å². The quantitative estimate of drug-likeness (QED) is 0.310. The van der Waals surface area contributed by atoms with E-state index >= 15 is 0 Å². The lowest BCUT2D eigenvalue weighted by Crippen LogP contribution is -2.21. The first-order chi connectivity index (χ1) is 8.08. The highest BCUT2D eigenvalue weighted by Gasteiger charge is 2.37. The van der Waals surface area contributed by atoms with Gasteiger partial charge in [0.05, 0.1) is 11.8 Å². The van der Waals surface area contributed by atoms with E-state index in [1.807, 2.05) is 6.92 Å². The first-order valence-corrected chi connectivity index (χ1v) is 9.32. The van der Waals surface area contributed by atoms with Gasteiger partial charge in [-0.25, -0.2) is 0 Å². The highest BCUT2D eigenvalue weighted by atomic mass is 31.2. The first kappa shape index (κ1) is 18.0. The lowest BCUT2D eigenvalue weighted by Gasteiger charge is -2.22. The van der Waals surface area contributed by atoms with Crippen molar-refractivity contribution in [2.45, 2.75) is 38.8 Å². The van der Waals surface area contributed by atoms with Crippen molar-refractivity contribution in [3.05, 3.63) is 12.2 Å². The number of unbranched alkanes of at least 4 members (excludes halogenated alkanes) is 2. The zero-order chi connectivity index (χ0) is 14.4. The summed E-state index contributed by atoms with van der Waals surface area (Å²) in [4.78, 5) is 36.0. The van der Waals surface area contributed by atoms with E-state index in [9.17, 15) is 9.13 Å². The van der Waals surface area contributed by atoms with E-state index < -0.39 is 32.9 Å². The van der Waals surface area contributed by atoms with Crippen LogP contribution in [0.15, 0.2) is 12.2 Å². The van der Waals surface area contributed by atoms with Gasteiger partial charge in [-0.2, -0.15) is 0 Å². The topological polar surface area (TPSA) is 115 Å². The second-order valence-corrected chi connectivity index (χ2v) is 7.97. The molecule has 0 radical (unpaired) electrons. The van der Waals surface area contributed by atoms with Crippen molar-refractivity contribution >= 4 is 15.2 Å². The Bertz CT molecular complexity index is 355. The molecule has 0 aliphatic carbocycles. The van der Waals surface area contributed by atoms with Crippen LogP contribution >= 0.6 is 15.2 Å². The molecule has 2 atom stereocenters. The summed E-state index contributed by atoms with van der Waals surface area (Å²) >= 11 is 0. The molecule has 0 saturated carbocycles. The van der Waals surface area contributed by atoms with Gasteiger partial charge in [-0.05, 0) is 12.3 Å². The van der Waals surface area contributed by atoms with E-state index in [4.69, 9.17) is 19.6 Å². The summed E-state index contributed by atoms with van der Waals surface area (Å²) in [6, 6.07) is 0. The van der Waals surface area contributed by atoms with Crippen LogP contribution < -0.4 is 0 Å². The van der Waals surface area contributed by atoms with Crippen molar-refractivity contribution in [2.24, 2.45) is 5.92 Å². The monoisotopic (exact) mass is 300 g/mol. The smallest absolute Gasteiger partial charge is 0.324 e. The van der Waals surface area contributed by atoms with E-state index in [-0.39, 0.29) is 0 Å². The highest BCUT2D eigenvalue weighted by molar-refractivity contribution is 7.56. The molecule has 0 aliphatic rings. The van der Waals surface area contributed by atoms with Crippen LogP contribution in [0.2, 0.25) is 0 Å². The van der Waals surface area contributed by atoms with Crippen molar-refractivity contribution in [1.29, 1.82) is 0 Å². The van der Waals surface area contributed by atoms with Gasteiger partial charge in [0, 0.05) is 0 Å². The van der Waals surface area contributed by atoms with Gasteiger partial charge in [0.1, 0.15) is 0 Å². The Morgan fingerprint density at radius 2 is 1.72 bits per heavy atom. The summed E-state index contributed by atoms with van der Waals surface area (Å²) in [6.07, 6.45) is 5.41. The van der Waals surface area contributed by atoms with E-state index in [1.165, 1.54) is 0 Å². The van der Waals surface area contributed by atoms with E-state index in [0.717, 1.165) is 19.3 Å². The highest BCUT2D eigenvalue weighted by Crippen LogP contribution is 2.51. The molecule has 0 aromatic heterocycles. The molecular weight excluding hydrogens is 278 g/mol. The zero-order valence-electron chi connectivity index (χ0n) is 10.6. The maximum absolute atomic E-state index is 11.3. The molecule has 0 rings (SSSR count). The summed E-state index contributed by atoms with van der Waals surface area (Å²) in [6.45, 7) is 3.59. The zero-order valence-corrected chi connectivity index (χ0v) is 12.4.